The third-order valence-corrected chi connectivity index (χ3v) is 2.99. The first-order valence-corrected chi connectivity index (χ1v) is 6.33. The van der Waals surface area contributed by atoms with Crippen LogP contribution in [0.15, 0.2) is 23.4 Å². The van der Waals surface area contributed by atoms with Crippen molar-refractivity contribution in [2.75, 3.05) is 26.0 Å². The lowest BCUT2D eigenvalue weighted by Gasteiger charge is -2.07. The highest BCUT2D eigenvalue weighted by molar-refractivity contribution is 7.99. The van der Waals surface area contributed by atoms with Gasteiger partial charge in [-0.25, -0.2) is 4.98 Å². The van der Waals surface area contributed by atoms with Gasteiger partial charge >= 0.3 is 6.18 Å². The Morgan fingerprint density at radius 3 is 2.74 bits per heavy atom. The molecule has 0 fully saturated rings. The van der Waals surface area contributed by atoms with E-state index in [-0.39, 0.29) is 11.7 Å². The van der Waals surface area contributed by atoms with Crippen LogP contribution in [0.5, 0.6) is 0 Å². The normalized spacial score (nSPS) is 11.4. The van der Waals surface area contributed by atoms with Crippen LogP contribution in [0.3, 0.4) is 0 Å². The fourth-order valence-corrected chi connectivity index (χ4v) is 1.79. The van der Waals surface area contributed by atoms with Gasteiger partial charge in [-0.2, -0.15) is 13.2 Å². The van der Waals surface area contributed by atoms with Gasteiger partial charge in [-0.15, -0.1) is 0 Å². The molecule has 0 bridgehead atoms. The summed E-state index contributed by atoms with van der Waals surface area (Å²) in [6.45, 7) is 0.811. The fraction of sp³-hybridized carbons (Fsp3) is 0.455. The number of pyridine rings is 1. The maximum atomic E-state index is 12.3. The van der Waals surface area contributed by atoms with Gasteiger partial charge in [0.2, 0.25) is 5.91 Å². The molecule has 0 saturated heterocycles. The monoisotopic (exact) mass is 294 g/mol. The minimum atomic E-state index is -4.40. The number of carbonyl (C=O) groups is 1. The molecule has 0 atom stereocenters. The second-order valence-electron chi connectivity index (χ2n) is 3.51. The highest BCUT2D eigenvalue weighted by Crippen LogP contribution is 2.29. The number of alkyl halides is 3. The molecule has 1 aromatic rings. The number of amides is 1. The SMILES string of the molecule is COCCNC(=O)CSc1ccc(C(F)(F)F)cn1. The Hall–Kier alpha value is -1.28. The predicted molar refractivity (Wildman–Crippen MR) is 64.8 cm³/mol. The number of rotatable bonds is 6. The Bertz CT molecular complexity index is 409. The molecular weight excluding hydrogens is 281 g/mol. The smallest absolute Gasteiger partial charge is 0.383 e. The number of nitrogens with zero attached hydrogens (tertiary/aromatic N) is 1. The van der Waals surface area contributed by atoms with Crippen LogP contribution in [0.1, 0.15) is 5.56 Å². The molecule has 0 saturated carbocycles. The van der Waals surface area contributed by atoms with Crippen LogP contribution in [0.4, 0.5) is 13.2 Å². The van der Waals surface area contributed by atoms with E-state index in [4.69, 9.17) is 4.74 Å². The Balaban J connectivity index is 2.40. The summed E-state index contributed by atoms with van der Waals surface area (Å²) in [5, 5.41) is 2.97. The molecule has 1 rings (SSSR count). The maximum absolute atomic E-state index is 12.3. The summed E-state index contributed by atoms with van der Waals surface area (Å²) < 4.78 is 41.6. The highest BCUT2D eigenvalue weighted by Gasteiger charge is 2.30. The van der Waals surface area contributed by atoms with Crippen molar-refractivity contribution in [3.8, 4) is 0 Å². The topological polar surface area (TPSA) is 51.2 Å². The lowest BCUT2D eigenvalue weighted by molar-refractivity contribution is -0.137. The molecule has 1 amide bonds. The average molecular weight is 294 g/mol. The minimum Gasteiger partial charge on any atom is -0.383 e. The van der Waals surface area contributed by atoms with Crippen LogP contribution in [-0.2, 0) is 15.7 Å². The number of methoxy groups -OCH3 is 1. The number of ether oxygens (including phenoxy) is 1. The molecule has 1 aromatic heterocycles. The van der Waals surface area contributed by atoms with Crippen molar-refractivity contribution in [1.29, 1.82) is 0 Å². The van der Waals surface area contributed by atoms with Crippen LogP contribution >= 0.6 is 11.8 Å². The Morgan fingerprint density at radius 2 is 2.21 bits per heavy atom. The van der Waals surface area contributed by atoms with Gasteiger partial charge in [-0.1, -0.05) is 11.8 Å². The van der Waals surface area contributed by atoms with E-state index in [0.29, 0.717) is 18.2 Å². The third kappa shape index (κ3) is 5.93. The van der Waals surface area contributed by atoms with E-state index in [9.17, 15) is 18.0 Å². The molecule has 0 aromatic carbocycles. The second kappa shape index (κ2) is 7.34. The van der Waals surface area contributed by atoms with E-state index in [0.717, 1.165) is 24.0 Å². The molecule has 0 aliphatic heterocycles. The zero-order valence-electron chi connectivity index (χ0n) is 10.2. The van der Waals surface area contributed by atoms with Gasteiger partial charge in [-0.3, -0.25) is 4.79 Å². The van der Waals surface area contributed by atoms with Gasteiger partial charge < -0.3 is 10.1 Å². The Kier molecular flexibility index (Phi) is 6.10. The second-order valence-corrected chi connectivity index (χ2v) is 4.51. The van der Waals surface area contributed by atoms with E-state index in [1.807, 2.05) is 0 Å². The molecule has 8 heteroatoms. The van der Waals surface area contributed by atoms with Crippen LogP contribution in [0.25, 0.3) is 0 Å². The van der Waals surface area contributed by atoms with Crippen molar-refractivity contribution in [1.82, 2.24) is 10.3 Å². The lowest BCUT2D eigenvalue weighted by atomic mass is 10.3. The Morgan fingerprint density at radius 1 is 1.47 bits per heavy atom. The lowest BCUT2D eigenvalue weighted by Crippen LogP contribution is -2.28. The number of hydrogen-bond acceptors (Lipinski definition) is 4. The quantitative estimate of drug-likeness (QED) is 0.643. The molecule has 106 valence electrons. The third-order valence-electron chi connectivity index (χ3n) is 2.04. The van der Waals surface area contributed by atoms with Crippen molar-refractivity contribution in [3.05, 3.63) is 23.9 Å². The Labute approximate surface area is 112 Å². The first-order chi connectivity index (χ1) is 8.93. The molecule has 0 spiro atoms. The summed E-state index contributed by atoms with van der Waals surface area (Å²) in [5.74, 6) is -0.119. The van der Waals surface area contributed by atoms with Crippen molar-refractivity contribution in [3.63, 3.8) is 0 Å². The molecule has 1 N–H and O–H groups in total. The van der Waals surface area contributed by atoms with Crippen molar-refractivity contribution >= 4 is 17.7 Å². The number of hydrogen-bond donors (Lipinski definition) is 1. The zero-order chi connectivity index (χ0) is 14.3. The molecule has 0 aliphatic carbocycles. The molecule has 4 nitrogen and oxygen atoms in total. The molecular formula is C11H13F3N2O2S. The summed E-state index contributed by atoms with van der Waals surface area (Å²) in [6, 6.07) is 2.19. The van der Waals surface area contributed by atoms with Crippen LogP contribution in [0, 0.1) is 0 Å². The number of halogens is 3. The van der Waals surface area contributed by atoms with E-state index >= 15 is 0 Å². The molecule has 0 unspecified atom stereocenters. The molecule has 0 radical (unpaired) electrons. The average Bonchev–Trinajstić information content (AvgIpc) is 2.36. The van der Waals surface area contributed by atoms with E-state index in [1.54, 1.807) is 0 Å². The van der Waals surface area contributed by atoms with Crippen molar-refractivity contribution in [2.45, 2.75) is 11.2 Å². The molecule has 19 heavy (non-hydrogen) atoms. The van der Waals surface area contributed by atoms with Crippen LogP contribution < -0.4 is 5.32 Å². The van der Waals surface area contributed by atoms with Gasteiger partial charge in [0.05, 0.1) is 22.9 Å². The van der Waals surface area contributed by atoms with Crippen LogP contribution in [0.2, 0.25) is 0 Å². The first kappa shape index (κ1) is 15.8. The fourth-order valence-electron chi connectivity index (χ4n) is 1.12. The zero-order valence-corrected chi connectivity index (χ0v) is 11.0. The van der Waals surface area contributed by atoms with Crippen molar-refractivity contribution in [2.24, 2.45) is 0 Å². The van der Waals surface area contributed by atoms with Gasteiger partial charge in [0.25, 0.3) is 0 Å². The van der Waals surface area contributed by atoms with E-state index in [1.165, 1.54) is 13.2 Å². The summed E-state index contributed by atoms with van der Waals surface area (Å²) in [7, 11) is 1.52. The maximum Gasteiger partial charge on any atom is 0.417 e. The molecule has 0 aliphatic rings. The van der Waals surface area contributed by atoms with E-state index < -0.39 is 11.7 Å². The van der Waals surface area contributed by atoms with Gasteiger partial charge in [-0.05, 0) is 12.1 Å². The summed E-state index contributed by atoms with van der Waals surface area (Å²) in [4.78, 5) is 15.0. The first-order valence-electron chi connectivity index (χ1n) is 5.35. The molecule has 1 heterocycles. The summed E-state index contributed by atoms with van der Waals surface area (Å²) in [5.41, 5.74) is -0.804. The number of aromatic nitrogens is 1. The standard InChI is InChI=1S/C11H13F3N2O2S/c1-18-5-4-15-9(17)7-19-10-3-2-8(6-16-10)11(12,13)14/h2-3,6H,4-5,7H2,1H3,(H,15,17). The predicted octanol–water partition coefficient (Wildman–Crippen LogP) is 1.96. The van der Waals surface area contributed by atoms with Crippen molar-refractivity contribution < 1.29 is 22.7 Å². The summed E-state index contributed by atoms with van der Waals surface area (Å²) in [6.07, 6.45) is -3.64. The number of nitrogens with one attached hydrogen (secondary N) is 1. The minimum absolute atomic E-state index is 0.0993. The van der Waals surface area contributed by atoms with Gasteiger partial charge in [0, 0.05) is 19.9 Å². The van der Waals surface area contributed by atoms with Gasteiger partial charge in [0.1, 0.15) is 0 Å². The largest absolute Gasteiger partial charge is 0.417 e. The number of thioether (sulfide) groups is 1. The number of carbonyl (C=O) groups excluding carboxylic acids is 1. The van der Waals surface area contributed by atoms with Crippen LogP contribution in [-0.4, -0.2) is 36.9 Å². The van der Waals surface area contributed by atoms with Gasteiger partial charge in [0.15, 0.2) is 0 Å². The van der Waals surface area contributed by atoms with E-state index in [2.05, 4.69) is 10.3 Å². The highest BCUT2D eigenvalue weighted by atomic mass is 32.2. The summed E-state index contributed by atoms with van der Waals surface area (Å²) >= 11 is 1.07.